The van der Waals surface area contributed by atoms with Crippen molar-refractivity contribution >= 4 is 11.3 Å². The number of hydrogen-bond donors (Lipinski definition) is 2. The van der Waals surface area contributed by atoms with Crippen LogP contribution in [0.3, 0.4) is 0 Å². The molecule has 0 bridgehead atoms. The van der Waals surface area contributed by atoms with Gasteiger partial charge in [0.2, 0.25) is 0 Å². The van der Waals surface area contributed by atoms with Crippen molar-refractivity contribution < 1.29 is 5.11 Å². The minimum absolute atomic E-state index is 0.340. The van der Waals surface area contributed by atoms with Crippen molar-refractivity contribution in [1.82, 2.24) is 0 Å². The molecule has 4 aromatic rings. The highest BCUT2D eigenvalue weighted by molar-refractivity contribution is 7.07. The zero-order chi connectivity index (χ0) is 23.6. The van der Waals surface area contributed by atoms with E-state index in [0.29, 0.717) is 12.3 Å². The van der Waals surface area contributed by atoms with Crippen LogP contribution in [0.4, 0.5) is 0 Å². The first-order valence-electron chi connectivity index (χ1n) is 11.0. The summed E-state index contributed by atoms with van der Waals surface area (Å²) in [5, 5.41) is 13.1. The third-order valence-corrected chi connectivity index (χ3v) is 5.42. The third-order valence-electron chi connectivity index (χ3n) is 4.62. The van der Waals surface area contributed by atoms with Crippen LogP contribution >= 0.6 is 11.3 Å². The number of aromatic hydroxyl groups is 1. The fourth-order valence-corrected chi connectivity index (χ4v) is 3.17. The van der Waals surface area contributed by atoms with Crippen LogP contribution in [0.25, 0.3) is 0 Å². The minimum atomic E-state index is 0.340. The molecule has 0 spiro atoms. The quantitative estimate of drug-likeness (QED) is 0.338. The van der Waals surface area contributed by atoms with E-state index < -0.39 is 0 Å². The predicted molar refractivity (Wildman–Crippen MR) is 141 cm³/mol. The van der Waals surface area contributed by atoms with Gasteiger partial charge in [-0.25, -0.2) is 0 Å². The number of nitrogens with two attached hydrogens (primary N) is 1. The first-order chi connectivity index (χ1) is 15.5. The first kappa shape index (κ1) is 27.2. The van der Waals surface area contributed by atoms with E-state index >= 15 is 0 Å². The summed E-state index contributed by atoms with van der Waals surface area (Å²) in [7, 11) is 0. The number of aryl methyl sites for hydroxylation is 4. The van der Waals surface area contributed by atoms with Crippen LogP contribution in [0.2, 0.25) is 0 Å². The topological polar surface area (TPSA) is 46.2 Å². The molecule has 1 aromatic heterocycles. The molecule has 0 amide bonds. The predicted octanol–water partition coefficient (Wildman–Crippen LogP) is 7.71. The summed E-state index contributed by atoms with van der Waals surface area (Å²) in [4.78, 5) is 0. The summed E-state index contributed by atoms with van der Waals surface area (Å²) in [5.41, 5.74) is 11.9. The van der Waals surface area contributed by atoms with Gasteiger partial charge in [0.15, 0.2) is 0 Å². The van der Waals surface area contributed by atoms with Gasteiger partial charge in [-0.2, -0.15) is 11.3 Å². The van der Waals surface area contributed by atoms with Crippen molar-refractivity contribution in [3.05, 3.63) is 124 Å². The second kappa shape index (κ2) is 16.8. The molecular weight excluding hydrogens is 410 g/mol. The molecule has 0 unspecified atom stereocenters. The van der Waals surface area contributed by atoms with Crippen molar-refractivity contribution in [2.75, 3.05) is 0 Å². The lowest BCUT2D eigenvalue weighted by Gasteiger charge is -1.94. The van der Waals surface area contributed by atoms with Crippen molar-refractivity contribution in [2.45, 2.75) is 47.1 Å². The van der Waals surface area contributed by atoms with Gasteiger partial charge in [-0.3, -0.25) is 0 Å². The molecule has 0 aliphatic rings. The highest BCUT2D eigenvalue weighted by Gasteiger charge is 1.87. The van der Waals surface area contributed by atoms with Crippen LogP contribution in [0.15, 0.2) is 95.7 Å². The molecule has 0 saturated carbocycles. The Morgan fingerprint density at radius 2 is 1.19 bits per heavy atom. The highest BCUT2D eigenvalue weighted by atomic mass is 32.1. The van der Waals surface area contributed by atoms with Crippen LogP contribution in [-0.2, 0) is 19.4 Å². The average Bonchev–Trinajstić information content (AvgIpc) is 3.33. The SMILES string of the molecule is CCc1ccc(O)cc1.CCc1ccccc1.Cc1ccc(CN)cc1.Cc1ccsc1. The maximum atomic E-state index is 8.85. The molecule has 3 N–H and O–H groups in total. The van der Waals surface area contributed by atoms with Crippen LogP contribution in [0.1, 0.15) is 41.7 Å². The second-order valence-electron chi connectivity index (χ2n) is 7.35. The fourth-order valence-electron chi connectivity index (χ4n) is 2.50. The summed E-state index contributed by atoms with van der Waals surface area (Å²) in [5.74, 6) is 0.340. The number of thiophene rings is 1. The van der Waals surface area contributed by atoms with Crippen LogP contribution in [0.5, 0.6) is 5.75 Å². The van der Waals surface area contributed by atoms with E-state index in [0.717, 1.165) is 12.8 Å². The van der Waals surface area contributed by atoms with Gasteiger partial charge in [0.05, 0.1) is 0 Å². The maximum absolute atomic E-state index is 8.85. The summed E-state index contributed by atoms with van der Waals surface area (Å²) < 4.78 is 0. The molecule has 32 heavy (non-hydrogen) atoms. The maximum Gasteiger partial charge on any atom is 0.115 e. The lowest BCUT2D eigenvalue weighted by atomic mass is 10.2. The molecular formula is C29H37NOS. The summed E-state index contributed by atoms with van der Waals surface area (Å²) in [6, 6.07) is 28.1. The number of phenols is 1. The van der Waals surface area contributed by atoms with E-state index in [2.05, 4.69) is 93.1 Å². The first-order valence-corrected chi connectivity index (χ1v) is 12.0. The van der Waals surface area contributed by atoms with Crippen molar-refractivity contribution in [3.63, 3.8) is 0 Å². The van der Waals surface area contributed by atoms with Gasteiger partial charge in [-0.1, -0.05) is 86.1 Å². The van der Waals surface area contributed by atoms with Gasteiger partial charge in [0.25, 0.3) is 0 Å². The van der Waals surface area contributed by atoms with Gasteiger partial charge in [-0.05, 0) is 77.9 Å². The number of rotatable bonds is 3. The Kier molecular flexibility index (Phi) is 14.2. The van der Waals surface area contributed by atoms with Gasteiger partial charge in [-0.15, -0.1) is 0 Å². The summed E-state index contributed by atoms with van der Waals surface area (Å²) in [6.07, 6.45) is 2.17. The van der Waals surface area contributed by atoms with E-state index in [1.54, 1.807) is 23.5 Å². The van der Waals surface area contributed by atoms with Crippen molar-refractivity contribution in [2.24, 2.45) is 5.73 Å². The Balaban J connectivity index is 0.000000215. The van der Waals surface area contributed by atoms with Gasteiger partial charge in [0.1, 0.15) is 5.75 Å². The number of benzene rings is 3. The summed E-state index contributed by atoms with van der Waals surface area (Å²) >= 11 is 1.74. The van der Waals surface area contributed by atoms with E-state index in [1.165, 1.54) is 27.8 Å². The minimum Gasteiger partial charge on any atom is -0.508 e. The lowest BCUT2D eigenvalue weighted by Crippen LogP contribution is -1.94. The van der Waals surface area contributed by atoms with E-state index in [1.807, 2.05) is 18.2 Å². The zero-order valence-corrected chi connectivity index (χ0v) is 20.6. The molecule has 4 rings (SSSR count). The lowest BCUT2D eigenvalue weighted by molar-refractivity contribution is 0.475. The highest BCUT2D eigenvalue weighted by Crippen LogP contribution is 2.09. The van der Waals surface area contributed by atoms with Crippen LogP contribution < -0.4 is 5.73 Å². The van der Waals surface area contributed by atoms with E-state index in [4.69, 9.17) is 10.8 Å². The molecule has 3 heteroatoms. The van der Waals surface area contributed by atoms with E-state index in [-0.39, 0.29) is 0 Å². The van der Waals surface area contributed by atoms with E-state index in [9.17, 15) is 0 Å². The molecule has 0 atom stereocenters. The Morgan fingerprint density at radius 3 is 1.56 bits per heavy atom. The summed E-state index contributed by atoms with van der Waals surface area (Å²) in [6.45, 7) is 9.05. The standard InChI is InChI=1S/C8H11N.C8H10O.C8H10.C5H6S/c1-7-2-4-8(6-9)5-3-7;1-2-7-3-5-8(9)6-4-7;1-2-8-6-4-3-5-7-8;1-5-2-3-6-4-5/h2-5H,6,9H2,1H3;3-6,9H,2H2,1H3;3-7H,2H2,1H3;2-4H,1H3. The van der Waals surface area contributed by atoms with Crippen molar-refractivity contribution in [3.8, 4) is 5.75 Å². The van der Waals surface area contributed by atoms with Crippen molar-refractivity contribution in [1.29, 1.82) is 0 Å². The molecule has 0 aliphatic carbocycles. The molecule has 0 fully saturated rings. The largest absolute Gasteiger partial charge is 0.508 e. The molecule has 3 aromatic carbocycles. The van der Waals surface area contributed by atoms with Crippen LogP contribution in [0, 0.1) is 13.8 Å². The second-order valence-corrected chi connectivity index (χ2v) is 8.13. The fraction of sp³-hybridized carbons (Fsp3) is 0.241. The Bertz CT molecular complexity index is 885. The Hall–Kier alpha value is -2.88. The smallest absolute Gasteiger partial charge is 0.115 e. The normalized spacial score (nSPS) is 9.28. The van der Waals surface area contributed by atoms with Gasteiger partial charge in [0, 0.05) is 6.54 Å². The Morgan fingerprint density at radius 1 is 0.656 bits per heavy atom. The third kappa shape index (κ3) is 12.7. The monoisotopic (exact) mass is 447 g/mol. The van der Waals surface area contributed by atoms with Gasteiger partial charge >= 0.3 is 0 Å². The molecule has 2 nitrogen and oxygen atoms in total. The average molecular weight is 448 g/mol. The molecule has 1 heterocycles. The number of hydrogen-bond acceptors (Lipinski definition) is 3. The zero-order valence-electron chi connectivity index (χ0n) is 19.8. The molecule has 170 valence electrons. The molecule has 0 aliphatic heterocycles. The number of phenolic OH excluding ortho intramolecular Hbond substituents is 1. The molecule has 0 saturated heterocycles. The van der Waals surface area contributed by atoms with Gasteiger partial charge < -0.3 is 10.8 Å². The van der Waals surface area contributed by atoms with Crippen LogP contribution in [-0.4, -0.2) is 5.11 Å². The molecule has 0 radical (unpaired) electrons. The Labute approximate surface area is 198 Å².